The van der Waals surface area contributed by atoms with Gasteiger partial charge in [0.1, 0.15) is 5.75 Å². The van der Waals surface area contributed by atoms with E-state index in [-0.39, 0.29) is 0 Å². The summed E-state index contributed by atoms with van der Waals surface area (Å²) >= 11 is 3.58. The van der Waals surface area contributed by atoms with Crippen molar-refractivity contribution in [3.63, 3.8) is 0 Å². The molecule has 3 heteroatoms. The summed E-state index contributed by atoms with van der Waals surface area (Å²) in [5.74, 6) is 1.03. The minimum absolute atomic E-state index is 0.551. The van der Waals surface area contributed by atoms with Crippen molar-refractivity contribution >= 4 is 15.9 Å². The van der Waals surface area contributed by atoms with E-state index in [1.807, 2.05) is 0 Å². The summed E-state index contributed by atoms with van der Waals surface area (Å²) in [5.41, 5.74) is 1.89. The highest BCUT2D eigenvalue weighted by molar-refractivity contribution is 9.10. The lowest BCUT2D eigenvalue weighted by molar-refractivity contribution is 0.245. The summed E-state index contributed by atoms with van der Waals surface area (Å²) in [6.07, 6.45) is 9.32. The van der Waals surface area contributed by atoms with Gasteiger partial charge in [-0.15, -0.1) is 0 Å². The molecule has 0 spiro atoms. The van der Waals surface area contributed by atoms with E-state index in [9.17, 15) is 0 Å². The van der Waals surface area contributed by atoms with Gasteiger partial charge in [-0.1, -0.05) is 35.7 Å². The molecule has 118 valence electrons. The van der Waals surface area contributed by atoms with Gasteiger partial charge in [0, 0.05) is 4.47 Å². The van der Waals surface area contributed by atoms with E-state index in [0.717, 1.165) is 29.7 Å². The summed E-state index contributed by atoms with van der Waals surface area (Å²) < 4.78 is 6.66. The Bertz CT molecular complexity index is 441. The molecule has 0 heterocycles. The van der Waals surface area contributed by atoms with Crippen LogP contribution < -0.4 is 10.1 Å². The number of hydrogen-bond donors (Lipinski definition) is 1. The Morgan fingerprint density at radius 1 is 1.24 bits per heavy atom. The third-order valence-corrected chi connectivity index (χ3v) is 5.41. The minimum Gasteiger partial charge on any atom is -0.496 e. The number of aryl methyl sites for hydroxylation is 1. The van der Waals surface area contributed by atoms with Gasteiger partial charge in [0.2, 0.25) is 0 Å². The van der Waals surface area contributed by atoms with Gasteiger partial charge in [0.25, 0.3) is 0 Å². The van der Waals surface area contributed by atoms with Gasteiger partial charge in [0.05, 0.1) is 7.11 Å². The third-order valence-electron chi connectivity index (χ3n) is 4.91. The summed E-state index contributed by atoms with van der Waals surface area (Å²) in [4.78, 5) is 0. The first kappa shape index (κ1) is 16.8. The van der Waals surface area contributed by atoms with Crippen LogP contribution >= 0.6 is 15.9 Å². The zero-order chi connectivity index (χ0) is 15.1. The quantitative estimate of drug-likeness (QED) is 0.667. The molecule has 2 rings (SSSR count). The number of benzene rings is 1. The molecule has 2 nitrogen and oxygen atoms in total. The molecule has 0 atom stereocenters. The van der Waals surface area contributed by atoms with Crippen molar-refractivity contribution in [2.24, 2.45) is 5.41 Å². The van der Waals surface area contributed by atoms with Gasteiger partial charge in [0.15, 0.2) is 0 Å². The second-order valence-electron chi connectivity index (χ2n) is 6.27. The molecule has 0 aliphatic heterocycles. The molecule has 1 saturated carbocycles. The van der Waals surface area contributed by atoms with Crippen LogP contribution in [0.2, 0.25) is 0 Å². The Labute approximate surface area is 137 Å². The average molecular weight is 354 g/mol. The molecule has 0 radical (unpaired) electrons. The Kier molecular flexibility index (Phi) is 6.56. The topological polar surface area (TPSA) is 21.3 Å². The molecule has 0 bridgehead atoms. The standard InChI is InChI=1S/C18H28BrNO/c1-3-20-13-12-18(9-4-5-10-18)11-8-15-14-16(19)6-7-17(15)21-2/h6-7,14,20H,3-5,8-13H2,1-2H3. The van der Waals surface area contributed by atoms with Crippen LogP contribution in [0.4, 0.5) is 0 Å². The molecule has 0 aromatic heterocycles. The van der Waals surface area contributed by atoms with E-state index in [0.29, 0.717) is 5.41 Å². The average Bonchev–Trinajstić information content (AvgIpc) is 2.95. The van der Waals surface area contributed by atoms with Crippen molar-refractivity contribution in [3.05, 3.63) is 28.2 Å². The van der Waals surface area contributed by atoms with Crippen molar-refractivity contribution < 1.29 is 4.74 Å². The van der Waals surface area contributed by atoms with Gasteiger partial charge in [-0.25, -0.2) is 0 Å². The molecule has 0 unspecified atom stereocenters. The van der Waals surface area contributed by atoms with Gasteiger partial charge in [-0.05, 0) is 74.4 Å². The molecule has 21 heavy (non-hydrogen) atoms. The molecule has 1 aliphatic rings. The van der Waals surface area contributed by atoms with E-state index in [1.54, 1.807) is 7.11 Å². The van der Waals surface area contributed by atoms with Crippen LogP contribution in [-0.4, -0.2) is 20.2 Å². The smallest absolute Gasteiger partial charge is 0.122 e. The highest BCUT2D eigenvalue weighted by atomic mass is 79.9. The van der Waals surface area contributed by atoms with Crippen molar-refractivity contribution in [2.75, 3.05) is 20.2 Å². The van der Waals surface area contributed by atoms with E-state index in [2.05, 4.69) is 46.4 Å². The molecular formula is C18H28BrNO. The second kappa shape index (κ2) is 8.19. The van der Waals surface area contributed by atoms with Crippen LogP contribution in [0.5, 0.6) is 5.75 Å². The van der Waals surface area contributed by atoms with Gasteiger partial charge in [-0.3, -0.25) is 0 Å². The number of ether oxygens (including phenoxy) is 1. The first-order valence-electron chi connectivity index (χ1n) is 8.22. The first-order valence-corrected chi connectivity index (χ1v) is 9.01. The minimum atomic E-state index is 0.551. The number of hydrogen-bond acceptors (Lipinski definition) is 2. The van der Waals surface area contributed by atoms with Crippen LogP contribution in [0.15, 0.2) is 22.7 Å². The molecule has 1 aromatic rings. The van der Waals surface area contributed by atoms with Crippen LogP contribution in [-0.2, 0) is 6.42 Å². The monoisotopic (exact) mass is 353 g/mol. The molecule has 1 aromatic carbocycles. The summed E-state index contributed by atoms with van der Waals surface area (Å²) in [7, 11) is 1.77. The van der Waals surface area contributed by atoms with Gasteiger partial charge >= 0.3 is 0 Å². The Morgan fingerprint density at radius 3 is 2.67 bits per heavy atom. The summed E-state index contributed by atoms with van der Waals surface area (Å²) in [6.45, 7) is 4.43. The van der Waals surface area contributed by atoms with Crippen LogP contribution in [0.1, 0.15) is 51.0 Å². The number of rotatable bonds is 8. The maximum atomic E-state index is 5.51. The molecule has 1 aliphatic carbocycles. The predicted octanol–water partition coefficient (Wildman–Crippen LogP) is 4.95. The van der Waals surface area contributed by atoms with Crippen molar-refractivity contribution in [1.29, 1.82) is 0 Å². The predicted molar refractivity (Wildman–Crippen MR) is 93.1 cm³/mol. The lowest BCUT2D eigenvalue weighted by atomic mass is 9.77. The van der Waals surface area contributed by atoms with Crippen LogP contribution in [0, 0.1) is 5.41 Å². The van der Waals surface area contributed by atoms with E-state index in [1.165, 1.54) is 44.1 Å². The lowest BCUT2D eigenvalue weighted by Gasteiger charge is -2.29. The largest absolute Gasteiger partial charge is 0.496 e. The van der Waals surface area contributed by atoms with Crippen molar-refractivity contribution in [1.82, 2.24) is 5.32 Å². The number of nitrogens with one attached hydrogen (secondary N) is 1. The summed E-state index contributed by atoms with van der Waals surface area (Å²) in [6, 6.07) is 6.34. The van der Waals surface area contributed by atoms with E-state index < -0.39 is 0 Å². The lowest BCUT2D eigenvalue weighted by Crippen LogP contribution is -2.25. The fourth-order valence-corrected chi connectivity index (χ4v) is 4.03. The maximum absolute atomic E-state index is 5.51. The van der Waals surface area contributed by atoms with Gasteiger partial charge in [-0.2, -0.15) is 0 Å². The van der Waals surface area contributed by atoms with Crippen molar-refractivity contribution in [2.45, 2.75) is 51.9 Å². The second-order valence-corrected chi connectivity index (χ2v) is 7.18. The molecule has 0 saturated heterocycles. The third kappa shape index (κ3) is 4.72. The number of methoxy groups -OCH3 is 1. The first-order chi connectivity index (χ1) is 10.2. The molecule has 1 N–H and O–H groups in total. The van der Waals surface area contributed by atoms with Crippen LogP contribution in [0.25, 0.3) is 0 Å². The molecule has 1 fully saturated rings. The van der Waals surface area contributed by atoms with Crippen LogP contribution in [0.3, 0.4) is 0 Å². The normalized spacial score (nSPS) is 17.1. The Balaban J connectivity index is 2.00. The Morgan fingerprint density at radius 2 is 2.00 bits per heavy atom. The molecular weight excluding hydrogens is 326 g/mol. The van der Waals surface area contributed by atoms with Gasteiger partial charge < -0.3 is 10.1 Å². The number of halogens is 1. The SMILES string of the molecule is CCNCCC1(CCc2cc(Br)ccc2OC)CCCC1. The zero-order valence-corrected chi connectivity index (χ0v) is 15.0. The van der Waals surface area contributed by atoms with Crippen molar-refractivity contribution in [3.8, 4) is 5.75 Å². The maximum Gasteiger partial charge on any atom is 0.122 e. The highest BCUT2D eigenvalue weighted by Crippen LogP contribution is 2.45. The molecule has 0 amide bonds. The fraction of sp³-hybridized carbons (Fsp3) is 0.667. The fourth-order valence-electron chi connectivity index (χ4n) is 3.62. The zero-order valence-electron chi connectivity index (χ0n) is 13.4. The highest BCUT2D eigenvalue weighted by Gasteiger charge is 2.32. The Hall–Kier alpha value is -0.540. The van der Waals surface area contributed by atoms with E-state index >= 15 is 0 Å². The van der Waals surface area contributed by atoms with E-state index in [4.69, 9.17) is 4.74 Å². The summed E-state index contributed by atoms with van der Waals surface area (Å²) in [5, 5.41) is 3.50.